The van der Waals surface area contributed by atoms with Gasteiger partial charge in [-0.2, -0.15) is 0 Å². The number of carbonyl (C=O) groups excluding carboxylic acids is 2. The summed E-state index contributed by atoms with van der Waals surface area (Å²) in [5, 5.41) is 11.7. The Kier molecular flexibility index (Phi) is 6.25. The van der Waals surface area contributed by atoms with Crippen LogP contribution in [-0.4, -0.2) is 42.1 Å². The fourth-order valence-electron chi connectivity index (χ4n) is 3.04. The predicted molar refractivity (Wildman–Crippen MR) is 102 cm³/mol. The third kappa shape index (κ3) is 4.48. The topological polar surface area (TPSA) is 95.9 Å². The number of anilines is 1. The quantitative estimate of drug-likeness (QED) is 0.587. The molecule has 1 heterocycles. The van der Waals surface area contributed by atoms with Crippen molar-refractivity contribution in [3.8, 4) is 0 Å². The molecule has 146 valence electrons. The molecule has 7 heteroatoms. The predicted octanol–water partition coefficient (Wildman–Crippen LogP) is 3.42. The lowest BCUT2D eigenvalue weighted by atomic mass is 9.90. The summed E-state index contributed by atoms with van der Waals surface area (Å²) in [5.41, 5.74) is 5.46. The Morgan fingerprint density at radius 1 is 1.22 bits per heavy atom. The van der Waals surface area contributed by atoms with Crippen LogP contribution < -0.4 is 5.32 Å². The number of nitrogens with zero attached hydrogens (tertiary/aromatic N) is 1. The average molecular weight is 374 g/mol. The number of nitrogens with one attached hydrogen (secondary N) is 1. The van der Waals surface area contributed by atoms with Crippen molar-refractivity contribution in [2.45, 2.75) is 46.6 Å². The van der Waals surface area contributed by atoms with Gasteiger partial charge in [-0.1, -0.05) is 11.6 Å². The summed E-state index contributed by atoms with van der Waals surface area (Å²) in [7, 11) is 3.26. The maximum absolute atomic E-state index is 12.3. The SMILES string of the molecule is CC(=CCc1c(C)c(C)c2c(c1NC(=O)N(C)C)C(=O)OC2)CCC(=O)O. The minimum absolute atomic E-state index is 0.0705. The van der Waals surface area contributed by atoms with Crippen molar-refractivity contribution >= 4 is 23.7 Å². The minimum atomic E-state index is -0.839. The van der Waals surface area contributed by atoms with Crippen molar-refractivity contribution in [3.63, 3.8) is 0 Å². The molecule has 0 bridgehead atoms. The summed E-state index contributed by atoms with van der Waals surface area (Å²) in [4.78, 5) is 36.7. The van der Waals surface area contributed by atoms with Crippen LogP contribution in [0.5, 0.6) is 0 Å². The number of ether oxygens (including phenoxy) is 1. The lowest BCUT2D eigenvalue weighted by Crippen LogP contribution is -2.29. The normalized spacial score (nSPS) is 13.2. The van der Waals surface area contributed by atoms with Gasteiger partial charge in [-0.25, -0.2) is 9.59 Å². The van der Waals surface area contributed by atoms with E-state index in [1.165, 1.54) is 4.90 Å². The smallest absolute Gasteiger partial charge is 0.341 e. The molecule has 0 saturated carbocycles. The fraction of sp³-hybridized carbons (Fsp3) is 0.450. The summed E-state index contributed by atoms with van der Waals surface area (Å²) in [6.07, 6.45) is 2.96. The first kappa shape index (κ1) is 20.5. The number of fused-ring (bicyclic) bond motifs is 1. The Labute approximate surface area is 159 Å². The summed E-state index contributed by atoms with van der Waals surface area (Å²) in [6.45, 7) is 5.99. The number of aliphatic carboxylic acids is 1. The number of urea groups is 1. The van der Waals surface area contributed by atoms with Gasteiger partial charge in [0.2, 0.25) is 0 Å². The van der Waals surface area contributed by atoms with E-state index < -0.39 is 11.9 Å². The van der Waals surface area contributed by atoms with Gasteiger partial charge in [-0.05, 0) is 50.3 Å². The number of carboxylic acids is 1. The Balaban J connectivity index is 2.48. The molecule has 1 aliphatic heterocycles. The highest BCUT2D eigenvalue weighted by Gasteiger charge is 2.31. The molecular formula is C20H26N2O5. The number of carboxylic acid groups (broad SMARTS) is 1. The van der Waals surface area contributed by atoms with E-state index in [4.69, 9.17) is 9.84 Å². The minimum Gasteiger partial charge on any atom is -0.481 e. The van der Waals surface area contributed by atoms with Crippen LogP contribution in [0, 0.1) is 13.8 Å². The van der Waals surface area contributed by atoms with E-state index in [-0.39, 0.29) is 19.1 Å². The highest BCUT2D eigenvalue weighted by atomic mass is 16.5. The largest absolute Gasteiger partial charge is 0.481 e. The van der Waals surface area contributed by atoms with Crippen molar-refractivity contribution in [1.82, 2.24) is 4.90 Å². The van der Waals surface area contributed by atoms with E-state index in [0.29, 0.717) is 24.1 Å². The van der Waals surface area contributed by atoms with Crippen molar-refractivity contribution in [2.24, 2.45) is 0 Å². The first-order valence-electron chi connectivity index (χ1n) is 8.81. The van der Waals surface area contributed by atoms with Gasteiger partial charge in [0.15, 0.2) is 0 Å². The van der Waals surface area contributed by atoms with Crippen LogP contribution in [0.4, 0.5) is 10.5 Å². The zero-order chi connectivity index (χ0) is 20.3. The van der Waals surface area contributed by atoms with E-state index in [0.717, 1.165) is 27.8 Å². The molecular weight excluding hydrogens is 348 g/mol. The van der Waals surface area contributed by atoms with Gasteiger partial charge in [-0.3, -0.25) is 4.79 Å². The molecule has 2 N–H and O–H groups in total. The molecule has 1 aromatic rings. The average Bonchev–Trinajstić information content (AvgIpc) is 2.98. The number of cyclic esters (lactones) is 1. The fourth-order valence-corrected chi connectivity index (χ4v) is 3.04. The molecule has 0 aliphatic carbocycles. The maximum Gasteiger partial charge on any atom is 0.341 e. The molecule has 1 aromatic carbocycles. The molecule has 1 aliphatic rings. The summed E-state index contributed by atoms with van der Waals surface area (Å²) in [5.74, 6) is -1.27. The number of amides is 2. The van der Waals surface area contributed by atoms with E-state index in [2.05, 4.69) is 5.32 Å². The lowest BCUT2D eigenvalue weighted by molar-refractivity contribution is -0.136. The molecule has 0 unspecified atom stereocenters. The molecule has 0 fully saturated rings. The number of esters is 1. The van der Waals surface area contributed by atoms with Gasteiger partial charge >= 0.3 is 18.0 Å². The second-order valence-corrected chi connectivity index (χ2v) is 7.01. The third-order valence-electron chi connectivity index (χ3n) is 4.90. The van der Waals surface area contributed by atoms with Crippen LogP contribution in [0.3, 0.4) is 0 Å². The second-order valence-electron chi connectivity index (χ2n) is 7.01. The number of benzene rings is 1. The zero-order valence-corrected chi connectivity index (χ0v) is 16.4. The number of hydrogen-bond donors (Lipinski definition) is 2. The van der Waals surface area contributed by atoms with Crippen LogP contribution in [-0.2, 0) is 22.6 Å². The summed E-state index contributed by atoms with van der Waals surface area (Å²) < 4.78 is 5.20. The Morgan fingerprint density at radius 3 is 2.48 bits per heavy atom. The number of rotatable bonds is 6. The number of allylic oxidation sites excluding steroid dienone is 2. The first-order valence-corrected chi connectivity index (χ1v) is 8.81. The first-order chi connectivity index (χ1) is 12.6. The molecule has 0 radical (unpaired) electrons. The summed E-state index contributed by atoms with van der Waals surface area (Å²) in [6, 6.07) is -0.326. The van der Waals surface area contributed by atoms with Crippen molar-refractivity contribution in [2.75, 3.05) is 19.4 Å². The second kappa shape index (κ2) is 8.24. The Morgan fingerprint density at radius 2 is 1.89 bits per heavy atom. The van der Waals surface area contributed by atoms with Gasteiger partial charge in [-0.15, -0.1) is 0 Å². The standard InChI is InChI=1S/C20H26N2O5/c1-11(7-9-16(23)24)6-8-14-12(2)13(3)15-10-27-19(25)17(15)18(14)21-20(26)22(4)5/h6H,7-10H2,1-5H3,(H,21,26)(H,23,24). The highest BCUT2D eigenvalue weighted by molar-refractivity contribution is 6.05. The molecule has 27 heavy (non-hydrogen) atoms. The molecule has 2 amide bonds. The van der Waals surface area contributed by atoms with Crippen LogP contribution in [0.2, 0.25) is 0 Å². The molecule has 0 saturated heterocycles. The number of hydrogen-bond acceptors (Lipinski definition) is 4. The lowest BCUT2D eigenvalue weighted by Gasteiger charge is -2.20. The summed E-state index contributed by atoms with van der Waals surface area (Å²) >= 11 is 0. The molecule has 2 rings (SSSR count). The third-order valence-corrected chi connectivity index (χ3v) is 4.90. The Hall–Kier alpha value is -2.83. The van der Waals surface area contributed by atoms with Crippen molar-refractivity contribution < 1.29 is 24.2 Å². The van der Waals surface area contributed by atoms with Crippen LogP contribution in [0.25, 0.3) is 0 Å². The maximum atomic E-state index is 12.3. The van der Waals surface area contributed by atoms with Gasteiger partial charge in [0, 0.05) is 26.1 Å². The van der Waals surface area contributed by atoms with Crippen LogP contribution >= 0.6 is 0 Å². The number of carbonyl (C=O) groups is 3. The van der Waals surface area contributed by atoms with E-state index in [9.17, 15) is 14.4 Å². The molecule has 0 spiro atoms. The van der Waals surface area contributed by atoms with Gasteiger partial charge in [0.1, 0.15) is 6.61 Å². The monoisotopic (exact) mass is 374 g/mol. The van der Waals surface area contributed by atoms with Gasteiger partial charge in [0.25, 0.3) is 0 Å². The van der Waals surface area contributed by atoms with E-state index >= 15 is 0 Å². The van der Waals surface area contributed by atoms with Crippen molar-refractivity contribution in [3.05, 3.63) is 39.5 Å². The van der Waals surface area contributed by atoms with Crippen LogP contribution in [0.15, 0.2) is 11.6 Å². The zero-order valence-electron chi connectivity index (χ0n) is 16.4. The molecule has 0 atom stereocenters. The van der Waals surface area contributed by atoms with Gasteiger partial charge < -0.3 is 20.1 Å². The molecule has 0 aromatic heterocycles. The Bertz CT molecular complexity index is 824. The van der Waals surface area contributed by atoms with Crippen molar-refractivity contribution in [1.29, 1.82) is 0 Å². The van der Waals surface area contributed by atoms with E-state index in [1.807, 2.05) is 26.8 Å². The molecule has 7 nitrogen and oxygen atoms in total. The highest BCUT2D eigenvalue weighted by Crippen LogP contribution is 2.37. The van der Waals surface area contributed by atoms with E-state index in [1.54, 1.807) is 14.1 Å². The van der Waals surface area contributed by atoms with Crippen LogP contribution in [0.1, 0.15) is 52.4 Å². The van der Waals surface area contributed by atoms with Gasteiger partial charge in [0.05, 0.1) is 11.3 Å².